The molecule has 0 aromatic heterocycles. The highest BCUT2D eigenvalue weighted by Crippen LogP contribution is 2.69. The number of alkyl halides is 11. The van der Waals surface area contributed by atoms with Gasteiger partial charge in [-0.05, 0) is 12.1 Å². The summed E-state index contributed by atoms with van der Waals surface area (Å²) < 4.78 is 174. The van der Waals surface area contributed by atoms with Gasteiger partial charge in [0.1, 0.15) is 0 Å². The maximum Gasteiger partial charge on any atom is 0.384 e. The van der Waals surface area contributed by atoms with Gasteiger partial charge >= 0.3 is 29.6 Å². The molecule has 0 radical (unpaired) electrons. The zero-order valence-corrected chi connectivity index (χ0v) is 15.1. The van der Waals surface area contributed by atoms with Crippen molar-refractivity contribution in [2.24, 2.45) is 4.40 Å². The molecular weight excluding hydrogens is 505 g/mol. The minimum atomic E-state index is -7.62. The number of nitro groups is 1. The lowest BCUT2D eigenvalue weighted by molar-refractivity contribution is -0.480. The number of hydrogen-bond acceptors (Lipinski definition) is 5. The average molecular weight is 509 g/mol. The van der Waals surface area contributed by atoms with E-state index in [9.17, 15) is 71.9 Å². The third-order valence-electron chi connectivity index (χ3n) is 4.29. The Bertz CT molecular complexity index is 1060. The van der Waals surface area contributed by atoms with Crippen LogP contribution in [0.2, 0.25) is 0 Å². The first-order valence-corrected chi connectivity index (χ1v) is 8.83. The summed E-state index contributed by atoms with van der Waals surface area (Å²) in [7, 11) is -5.92. The Labute approximate surface area is 168 Å². The highest BCUT2D eigenvalue weighted by atomic mass is 32.2. The average Bonchev–Trinajstić information content (AvgIpc) is 2.65. The van der Waals surface area contributed by atoms with Crippen LogP contribution < -0.4 is 5.11 Å². The van der Waals surface area contributed by atoms with Gasteiger partial charge in [0.05, 0.1) is 9.82 Å². The number of rotatable bonds is 4. The molecule has 180 valence electrons. The van der Waals surface area contributed by atoms with Crippen LogP contribution in [0.25, 0.3) is 0 Å². The van der Waals surface area contributed by atoms with Crippen LogP contribution in [-0.4, -0.2) is 54.5 Å². The lowest BCUT2D eigenvalue weighted by Crippen LogP contribution is -2.86. The Morgan fingerprint density at radius 1 is 0.750 bits per heavy atom. The molecule has 1 aliphatic carbocycles. The molecule has 0 saturated heterocycles. The van der Waals surface area contributed by atoms with Crippen LogP contribution in [0.1, 0.15) is 0 Å². The maximum absolute atomic E-state index is 14.5. The standard InChI is InChI=1S/C13H5F11N2O5S/c14-8(7(27)25-32(30,31)6-3-1-5(2-4-6)26(28)29)9(15,16)11(19,20)13(23,24)12(21,22)10(8,17)18/h1-4H,(H,25,27)/p-1. The summed E-state index contributed by atoms with van der Waals surface area (Å²) in [6, 6.07) is 1.13. The summed E-state index contributed by atoms with van der Waals surface area (Å²) in [5.74, 6) is -42.2. The van der Waals surface area contributed by atoms with Gasteiger partial charge in [-0.3, -0.25) is 10.1 Å². The second-order valence-corrected chi connectivity index (χ2v) is 7.76. The summed E-state index contributed by atoms with van der Waals surface area (Å²) in [4.78, 5) is 7.93. The molecule has 0 atom stereocenters. The number of hydrogen-bond donors (Lipinski definition) is 0. The molecule has 1 aliphatic rings. The van der Waals surface area contributed by atoms with Gasteiger partial charge in [-0.25, -0.2) is 4.39 Å². The van der Waals surface area contributed by atoms with Crippen molar-refractivity contribution in [3.05, 3.63) is 34.4 Å². The number of sulfonamides is 1. The maximum atomic E-state index is 14.5. The Morgan fingerprint density at radius 3 is 1.44 bits per heavy atom. The van der Waals surface area contributed by atoms with E-state index in [1.165, 1.54) is 4.40 Å². The van der Waals surface area contributed by atoms with Crippen LogP contribution >= 0.6 is 0 Å². The molecule has 0 aliphatic heterocycles. The molecule has 7 nitrogen and oxygen atoms in total. The molecule has 0 unspecified atom stereocenters. The molecule has 0 spiro atoms. The lowest BCUT2D eigenvalue weighted by Gasteiger charge is -2.53. The fourth-order valence-electron chi connectivity index (χ4n) is 2.45. The third-order valence-corrected chi connectivity index (χ3v) is 5.56. The minimum absolute atomic E-state index is 0.198. The molecule has 0 N–H and O–H groups in total. The van der Waals surface area contributed by atoms with Crippen molar-refractivity contribution in [1.29, 1.82) is 0 Å². The van der Waals surface area contributed by atoms with Crippen LogP contribution in [0, 0.1) is 10.1 Å². The van der Waals surface area contributed by atoms with E-state index >= 15 is 0 Å². The van der Waals surface area contributed by atoms with Crippen LogP contribution in [-0.2, 0) is 10.0 Å². The van der Waals surface area contributed by atoms with E-state index in [2.05, 4.69) is 0 Å². The molecule has 0 heterocycles. The summed E-state index contributed by atoms with van der Waals surface area (Å²) in [6.45, 7) is 0. The Hall–Kier alpha value is -2.73. The van der Waals surface area contributed by atoms with Gasteiger partial charge in [0.15, 0.2) is 0 Å². The van der Waals surface area contributed by atoms with E-state index in [0.717, 1.165) is 0 Å². The van der Waals surface area contributed by atoms with Crippen LogP contribution in [0.3, 0.4) is 0 Å². The largest absolute Gasteiger partial charge is 0.859 e. The van der Waals surface area contributed by atoms with E-state index in [4.69, 9.17) is 0 Å². The highest BCUT2D eigenvalue weighted by molar-refractivity contribution is 7.90. The Morgan fingerprint density at radius 2 is 1.09 bits per heavy atom. The normalized spacial score (nSPS) is 25.2. The van der Waals surface area contributed by atoms with Crippen molar-refractivity contribution in [3.63, 3.8) is 0 Å². The van der Waals surface area contributed by atoms with Crippen molar-refractivity contribution in [2.75, 3.05) is 0 Å². The summed E-state index contributed by atoms with van der Waals surface area (Å²) in [5, 5.41) is 22.1. The second-order valence-electron chi connectivity index (χ2n) is 6.15. The fourth-order valence-corrected chi connectivity index (χ4v) is 3.38. The van der Waals surface area contributed by atoms with E-state index in [0.29, 0.717) is 12.1 Å². The van der Waals surface area contributed by atoms with Gasteiger partial charge in [0.25, 0.3) is 21.4 Å². The molecule has 2 rings (SSSR count). The van der Waals surface area contributed by atoms with Crippen LogP contribution in [0.4, 0.5) is 54.0 Å². The molecule has 1 aromatic rings. The van der Waals surface area contributed by atoms with Crippen molar-refractivity contribution in [1.82, 2.24) is 0 Å². The number of non-ortho nitro benzene ring substituents is 1. The highest BCUT2D eigenvalue weighted by Gasteiger charge is 3.01. The zero-order valence-electron chi connectivity index (χ0n) is 14.3. The summed E-state index contributed by atoms with van der Waals surface area (Å²) in [6.07, 6.45) is 0. The van der Waals surface area contributed by atoms with Gasteiger partial charge in [-0.1, -0.05) is 0 Å². The van der Waals surface area contributed by atoms with Crippen molar-refractivity contribution in [3.8, 4) is 0 Å². The lowest BCUT2D eigenvalue weighted by atomic mass is 9.72. The van der Waals surface area contributed by atoms with Gasteiger partial charge < -0.3 is 5.11 Å². The van der Waals surface area contributed by atoms with Crippen LogP contribution in [0.5, 0.6) is 0 Å². The van der Waals surface area contributed by atoms with Crippen molar-refractivity contribution >= 4 is 21.6 Å². The molecule has 1 saturated carbocycles. The first-order chi connectivity index (χ1) is 14.0. The van der Waals surface area contributed by atoms with Gasteiger partial charge in [0, 0.05) is 18.0 Å². The first kappa shape index (κ1) is 25.5. The van der Waals surface area contributed by atoms with Gasteiger partial charge in [-0.15, -0.1) is 0 Å². The van der Waals surface area contributed by atoms with Crippen LogP contribution in [0.15, 0.2) is 33.6 Å². The SMILES string of the molecule is O=[N+]([O-])c1ccc(S(=O)(=O)/N=C(\[O-])C2(F)C(F)(F)C(F)(F)C(F)(F)C(F)(F)C2(F)F)cc1. The molecule has 1 aromatic carbocycles. The first-order valence-electron chi connectivity index (χ1n) is 7.39. The molecule has 0 amide bonds. The second kappa shape index (κ2) is 6.64. The molecular formula is C13H4F11N2O5S-. The minimum Gasteiger partial charge on any atom is -0.859 e. The smallest absolute Gasteiger partial charge is 0.384 e. The molecule has 1 fully saturated rings. The molecule has 19 heteroatoms. The zero-order chi connectivity index (χ0) is 25.3. The monoisotopic (exact) mass is 509 g/mol. The van der Waals surface area contributed by atoms with E-state index in [1.807, 2.05) is 0 Å². The van der Waals surface area contributed by atoms with E-state index in [1.54, 1.807) is 0 Å². The number of nitrogens with zero attached hydrogens (tertiary/aromatic N) is 2. The number of benzene rings is 1. The topological polar surface area (TPSA) is 113 Å². The Balaban J connectivity index is 2.77. The van der Waals surface area contributed by atoms with E-state index < -0.39 is 66.7 Å². The molecule has 32 heavy (non-hydrogen) atoms. The number of nitro benzene ring substituents is 1. The van der Waals surface area contributed by atoms with E-state index in [-0.39, 0.29) is 12.1 Å². The molecule has 0 bridgehead atoms. The summed E-state index contributed by atoms with van der Waals surface area (Å²) in [5.41, 5.74) is -8.09. The Kier molecular flexibility index (Phi) is 5.30. The predicted octanol–water partition coefficient (Wildman–Crippen LogP) is 2.94. The fraction of sp³-hybridized carbons (Fsp3) is 0.462. The quantitative estimate of drug-likeness (QED) is 0.204. The number of halogens is 11. The predicted molar refractivity (Wildman–Crippen MR) is 76.3 cm³/mol. The third kappa shape index (κ3) is 2.78. The van der Waals surface area contributed by atoms with Crippen molar-refractivity contribution < 1.29 is 66.7 Å². The van der Waals surface area contributed by atoms with Gasteiger partial charge in [0.2, 0.25) is 0 Å². The summed E-state index contributed by atoms with van der Waals surface area (Å²) >= 11 is 0. The van der Waals surface area contributed by atoms with Crippen molar-refractivity contribution in [2.45, 2.75) is 40.2 Å². The van der Waals surface area contributed by atoms with Gasteiger partial charge in [-0.2, -0.15) is 56.7 Å².